The van der Waals surface area contributed by atoms with Crippen LogP contribution < -0.4 is 18.9 Å². The second-order valence-corrected chi connectivity index (χ2v) is 9.53. The summed E-state index contributed by atoms with van der Waals surface area (Å²) in [6.07, 6.45) is 2.34. The molecule has 1 aliphatic heterocycles. The molecule has 0 unspecified atom stereocenters. The lowest BCUT2D eigenvalue weighted by Gasteiger charge is -2.27. The number of nitrogens with one attached hydrogen (secondary N) is 1. The highest BCUT2D eigenvalue weighted by Gasteiger charge is 2.47. The molecule has 5 rings (SSSR count). The number of fused-ring (bicyclic) bond motifs is 1. The summed E-state index contributed by atoms with van der Waals surface area (Å²) in [5.41, 5.74) is 2.79. The van der Waals surface area contributed by atoms with Gasteiger partial charge in [0.05, 0.1) is 39.6 Å². The zero-order chi connectivity index (χ0) is 29.1. The zero-order valence-electron chi connectivity index (χ0n) is 23.4. The van der Waals surface area contributed by atoms with Crippen LogP contribution in [-0.2, 0) is 16.0 Å². The maximum atomic E-state index is 13.6. The molecule has 1 atom stereocenters. The maximum Gasteiger partial charge on any atom is 0.295 e. The van der Waals surface area contributed by atoms with Gasteiger partial charge in [0, 0.05) is 34.8 Å². The van der Waals surface area contributed by atoms with Gasteiger partial charge in [-0.05, 0) is 79.6 Å². The summed E-state index contributed by atoms with van der Waals surface area (Å²) in [5, 5.41) is 12.4. The topological polar surface area (TPSA) is 110 Å². The largest absolute Gasteiger partial charge is 0.507 e. The highest BCUT2D eigenvalue weighted by atomic mass is 16.5. The van der Waals surface area contributed by atoms with E-state index < -0.39 is 17.7 Å². The van der Waals surface area contributed by atoms with Crippen LogP contribution in [0.5, 0.6) is 23.0 Å². The average molecular weight is 557 g/mol. The second-order valence-electron chi connectivity index (χ2n) is 9.53. The van der Waals surface area contributed by atoms with Gasteiger partial charge in [-0.25, -0.2) is 0 Å². The first-order chi connectivity index (χ1) is 19.9. The highest BCUT2D eigenvalue weighted by Crippen LogP contribution is 2.44. The molecule has 9 heteroatoms. The Bertz CT molecular complexity index is 1620. The molecule has 1 aliphatic rings. The van der Waals surface area contributed by atoms with Gasteiger partial charge >= 0.3 is 0 Å². The summed E-state index contributed by atoms with van der Waals surface area (Å²) in [4.78, 5) is 31.9. The van der Waals surface area contributed by atoms with Crippen molar-refractivity contribution in [2.45, 2.75) is 19.4 Å². The third-order valence-corrected chi connectivity index (χ3v) is 7.31. The summed E-state index contributed by atoms with van der Waals surface area (Å²) in [7, 11) is 4.66. The lowest BCUT2D eigenvalue weighted by molar-refractivity contribution is -0.139. The van der Waals surface area contributed by atoms with E-state index in [1.807, 2.05) is 31.3 Å². The molecule has 0 aliphatic carbocycles. The maximum absolute atomic E-state index is 13.6. The van der Waals surface area contributed by atoms with Crippen molar-refractivity contribution in [2.24, 2.45) is 0 Å². The highest BCUT2D eigenvalue weighted by molar-refractivity contribution is 6.46. The van der Waals surface area contributed by atoms with Crippen molar-refractivity contribution in [1.82, 2.24) is 9.88 Å². The van der Waals surface area contributed by atoms with Gasteiger partial charge in [0.1, 0.15) is 28.8 Å². The molecule has 3 aromatic carbocycles. The number of ether oxygens (including phenoxy) is 4. The Hall–Kier alpha value is -4.92. The quantitative estimate of drug-likeness (QED) is 0.156. The first kappa shape index (κ1) is 27.6. The molecule has 0 saturated carbocycles. The van der Waals surface area contributed by atoms with E-state index in [-0.39, 0.29) is 17.9 Å². The van der Waals surface area contributed by atoms with Gasteiger partial charge in [-0.1, -0.05) is 0 Å². The number of likely N-dealkylation sites (tertiary alicyclic amines) is 1. The minimum atomic E-state index is -0.911. The van der Waals surface area contributed by atoms with E-state index in [2.05, 4.69) is 4.98 Å². The Morgan fingerprint density at radius 3 is 2.27 bits per heavy atom. The molecule has 1 fully saturated rings. The predicted molar refractivity (Wildman–Crippen MR) is 155 cm³/mol. The van der Waals surface area contributed by atoms with E-state index in [9.17, 15) is 14.7 Å². The molecule has 41 heavy (non-hydrogen) atoms. The Morgan fingerprint density at radius 2 is 1.59 bits per heavy atom. The van der Waals surface area contributed by atoms with Crippen LogP contribution in [0.15, 0.2) is 72.4 Å². The van der Waals surface area contributed by atoms with Crippen molar-refractivity contribution in [3.8, 4) is 23.0 Å². The number of benzene rings is 3. The van der Waals surface area contributed by atoms with Crippen molar-refractivity contribution in [3.63, 3.8) is 0 Å². The standard InChI is InChI=1S/C32H32N2O7/c1-5-41-21-8-6-19(7-9-21)30(35)28-29(25-17-23(39-3)11-13-27(25)40-4)34(32(37)31(28)36)15-14-20-18-33-26-12-10-22(38-2)16-24(20)26/h6-13,16-18,29,33,35H,5,14-15H2,1-4H3/t29-/m0/s1. The van der Waals surface area contributed by atoms with Crippen LogP contribution in [0, 0.1) is 0 Å². The van der Waals surface area contributed by atoms with Crippen molar-refractivity contribution < 1.29 is 33.6 Å². The van der Waals surface area contributed by atoms with E-state index in [4.69, 9.17) is 18.9 Å². The number of methoxy groups -OCH3 is 3. The molecular formula is C32H32N2O7. The molecular weight excluding hydrogens is 524 g/mol. The van der Waals surface area contributed by atoms with Crippen molar-refractivity contribution >= 4 is 28.4 Å². The number of ketones is 1. The molecule has 0 radical (unpaired) electrons. The lowest BCUT2D eigenvalue weighted by atomic mass is 9.94. The summed E-state index contributed by atoms with van der Waals surface area (Å²) < 4.78 is 22.0. The first-order valence-electron chi connectivity index (χ1n) is 13.3. The molecule has 1 amide bonds. The number of Topliss-reactive ketones (excluding diaryl/α,β-unsaturated/α-hetero) is 1. The van der Waals surface area contributed by atoms with Crippen LogP contribution in [0.3, 0.4) is 0 Å². The van der Waals surface area contributed by atoms with Crippen LogP contribution in [-0.4, -0.2) is 61.2 Å². The van der Waals surface area contributed by atoms with Crippen molar-refractivity contribution in [3.05, 3.63) is 89.1 Å². The molecule has 1 saturated heterocycles. The van der Waals surface area contributed by atoms with Crippen molar-refractivity contribution in [1.29, 1.82) is 0 Å². The number of aromatic amines is 1. The van der Waals surface area contributed by atoms with E-state index in [0.29, 0.717) is 41.4 Å². The summed E-state index contributed by atoms with van der Waals surface area (Å²) >= 11 is 0. The lowest BCUT2D eigenvalue weighted by Crippen LogP contribution is -2.31. The Morgan fingerprint density at radius 1 is 0.902 bits per heavy atom. The van der Waals surface area contributed by atoms with Gasteiger partial charge in [-0.2, -0.15) is 0 Å². The molecule has 4 aromatic rings. The number of amides is 1. The van der Waals surface area contributed by atoms with Crippen LogP contribution in [0.25, 0.3) is 16.7 Å². The summed E-state index contributed by atoms with van der Waals surface area (Å²) in [6.45, 7) is 2.58. The van der Waals surface area contributed by atoms with E-state index in [1.54, 1.807) is 49.6 Å². The Kier molecular flexibility index (Phi) is 7.87. The molecule has 212 valence electrons. The molecule has 2 N–H and O–H groups in total. The van der Waals surface area contributed by atoms with Gasteiger partial charge in [-0.15, -0.1) is 0 Å². The van der Waals surface area contributed by atoms with E-state index in [1.165, 1.54) is 19.1 Å². The van der Waals surface area contributed by atoms with Crippen LogP contribution in [0.4, 0.5) is 0 Å². The van der Waals surface area contributed by atoms with E-state index in [0.717, 1.165) is 22.2 Å². The molecule has 1 aromatic heterocycles. The fraction of sp³-hybridized carbons (Fsp3) is 0.250. The number of aliphatic hydroxyl groups is 1. The van der Waals surface area contributed by atoms with Gasteiger partial charge < -0.3 is 33.9 Å². The molecule has 9 nitrogen and oxygen atoms in total. The number of rotatable bonds is 10. The third-order valence-electron chi connectivity index (χ3n) is 7.31. The monoisotopic (exact) mass is 556 g/mol. The number of carbonyl (C=O) groups excluding carboxylic acids is 2. The zero-order valence-corrected chi connectivity index (χ0v) is 23.4. The molecule has 0 spiro atoms. The number of aromatic nitrogens is 1. The summed E-state index contributed by atoms with van der Waals surface area (Å²) in [5.74, 6) is 0.576. The predicted octanol–water partition coefficient (Wildman–Crippen LogP) is 5.26. The third kappa shape index (κ3) is 5.18. The normalized spacial score (nSPS) is 16.3. The van der Waals surface area contributed by atoms with Gasteiger partial charge in [0.15, 0.2) is 0 Å². The summed E-state index contributed by atoms with van der Waals surface area (Å²) in [6, 6.07) is 16.7. The molecule has 2 heterocycles. The minimum absolute atomic E-state index is 0.0219. The Labute approximate surface area is 237 Å². The molecule has 0 bridgehead atoms. The van der Waals surface area contributed by atoms with Gasteiger partial charge in [0.2, 0.25) is 0 Å². The smallest absolute Gasteiger partial charge is 0.295 e. The number of aliphatic hydroxyl groups excluding tert-OH is 1. The van der Waals surface area contributed by atoms with Crippen LogP contribution in [0.1, 0.15) is 29.7 Å². The number of hydrogen-bond donors (Lipinski definition) is 2. The minimum Gasteiger partial charge on any atom is -0.507 e. The first-order valence-corrected chi connectivity index (χ1v) is 13.3. The van der Waals surface area contributed by atoms with Crippen LogP contribution >= 0.6 is 0 Å². The number of hydrogen-bond acceptors (Lipinski definition) is 7. The SMILES string of the molecule is CCOc1ccc(C(O)=C2C(=O)C(=O)N(CCc3c[nH]c4ccc(OC)cc34)[C@H]2c2cc(OC)ccc2OC)cc1. The van der Waals surface area contributed by atoms with Crippen molar-refractivity contribution in [2.75, 3.05) is 34.5 Å². The van der Waals surface area contributed by atoms with E-state index >= 15 is 0 Å². The fourth-order valence-electron chi connectivity index (χ4n) is 5.25. The average Bonchev–Trinajstić information content (AvgIpc) is 3.52. The van der Waals surface area contributed by atoms with Gasteiger partial charge in [0.25, 0.3) is 11.7 Å². The second kappa shape index (κ2) is 11.7. The number of H-pyrrole nitrogens is 1. The van der Waals surface area contributed by atoms with Gasteiger partial charge in [-0.3, -0.25) is 9.59 Å². The number of nitrogens with zero attached hydrogens (tertiary/aromatic N) is 1. The fourth-order valence-corrected chi connectivity index (χ4v) is 5.25. The number of carbonyl (C=O) groups is 2. The van der Waals surface area contributed by atoms with Crippen LogP contribution in [0.2, 0.25) is 0 Å². The Balaban J connectivity index is 1.60.